The van der Waals surface area contributed by atoms with E-state index in [1.165, 1.54) is 0 Å². The van der Waals surface area contributed by atoms with Crippen molar-refractivity contribution in [3.63, 3.8) is 0 Å². The molecule has 1 aromatic carbocycles. The van der Waals surface area contributed by atoms with Crippen LogP contribution in [0.15, 0.2) is 42.5 Å². The molecule has 33 heavy (non-hydrogen) atoms. The van der Waals surface area contributed by atoms with Crippen LogP contribution in [-0.2, 0) is 25.6 Å². The molecule has 0 radical (unpaired) electrons. The Morgan fingerprint density at radius 2 is 1.73 bits per heavy atom. The van der Waals surface area contributed by atoms with Crippen molar-refractivity contribution in [2.45, 2.75) is 70.4 Å². The standard InChI is InChI=1S/C26H33NO6/c1-2-3-4-5-9-12-24(29)32-17-20(28)18-33-26(31)21-15-16-27-22(21)13-14-23(27)25(30)19-10-7-6-8-11-19/h6-8,10-11,13-14,20-21,28H,2-5,9,12,15-18H2,1H3/t20-,21?/m0/s1. The van der Waals surface area contributed by atoms with Crippen molar-refractivity contribution in [3.05, 3.63) is 59.4 Å². The number of carbonyl (C=O) groups excluding carboxylic acids is 3. The number of aromatic nitrogens is 1. The second-order valence-corrected chi connectivity index (χ2v) is 8.46. The molecule has 1 aromatic heterocycles. The number of ketones is 1. The second kappa shape index (κ2) is 12.3. The first-order valence-corrected chi connectivity index (χ1v) is 11.8. The van der Waals surface area contributed by atoms with Gasteiger partial charge in [0.05, 0.1) is 11.6 Å². The van der Waals surface area contributed by atoms with E-state index in [9.17, 15) is 19.5 Å². The fourth-order valence-electron chi connectivity index (χ4n) is 4.08. The van der Waals surface area contributed by atoms with E-state index < -0.39 is 18.0 Å². The van der Waals surface area contributed by atoms with Crippen LogP contribution in [0.4, 0.5) is 0 Å². The number of benzene rings is 1. The van der Waals surface area contributed by atoms with Gasteiger partial charge in [0.1, 0.15) is 19.3 Å². The molecule has 178 valence electrons. The van der Waals surface area contributed by atoms with E-state index in [0.29, 0.717) is 30.6 Å². The van der Waals surface area contributed by atoms with Gasteiger partial charge < -0.3 is 19.1 Å². The largest absolute Gasteiger partial charge is 0.463 e. The molecule has 1 unspecified atom stereocenters. The third kappa shape index (κ3) is 6.78. The summed E-state index contributed by atoms with van der Waals surface area (Å²) in [6.45, 7) is 2.25. The van der Waals surface area contributed by atoms with Gasteiger partial charge in [0.15, 0.2) is 0 Å². The predicted molar refractivity (Wildman–Crippen MR) is 123 cm³/mol. The molecule has 1 aliphatic rings. The van der Waals surface area contributed by atoms with E-state index in [1.807, 2.05) is 22.8 Å². The number of aliphatic hydroxyl groups excluding tert-OH is 1. The van der Waals surface area contributed by atoms with Gasteiger partial charge in [-0.05, 0) is 25.0 Å². The monoisotopic (exact) mass is 455 g/mol. The van der Waals surface area contributed by atoms with E-state index >= 15 is 0 Å². The Morgan fingerprint density at radius 3 is 2.48 bits per heavy atom. The van der Waals surface area contributed by atoms with Crippen LogP contribution in [0.5, 0.6) is 0 Å². The van der Waals surface area contributed by atoms with Crippen LogP contribution in [0.2, 0.25) is 0 Å². The maximum absolute atomic E-state index is 12.8. The molecule has 0 saturated heterocycles. The van der Waals surface area contributed by atoms with Crippen LogP contribution in [0.1, 0.15) is 79.5 Å². The van der Waals surface area contributed by atoms with E-state index in [0.717, 1.165) is 37.8 Å². The molecule has 1 N–H and O–H groups in total. The Morgan fingerprint density at radius 1 is 1.00 bits per heavy atom. The Kier molecular flexibility index (Phi) is 9.24. The molecule has 0 aliphatic carbocycles. The van der Waals surface area contributed by atoms with Crippen LogP contribution in [0.3, 0.4) is 0 Å². The molecule has 1 aliphatic heterocycles. The summed E-state index contributed by atoms with van der Waals surface area (Å²) in [6, 6.07) is 12.5. The van der Waals surface area contributed by atoms with Gasteiger partial charge in [0.2, 0.25) is 5.78 Å². The van der Waals surface area contributed by atoms with Crippen LogP contribution >= 0.6 is 0 Å². The first-order valence-electron chi connectivity index (χ1n) is 11.8. The maximum Gasteiger partial charge on any atom is 0.315 e. The Hall–Kier alpha value is -2.93. The minimum atomic E-state index is -1.07. The molecule has 2 aromatic rings. The van der Waals surface area contributed by atoms with Crippen molar-refractivity contribution in [1.82, 2.24) is 4.57 Å². The average molecular weight is 456 g/mol. The van der Waals surface area contributed by atoms with E-state index in [1.54, 1.807) is 24.3 Å². The number of aliphatic hydroxyl groups is 1. The molecule has 2 heterocycles. The van der Waals surface area contributed by atoms with Crippen molar-refractivity contribution < 1.29 is 29.0 Å². The van der Waals surface area contributed by atoms with E-state index in [4.69, 9.17) is 9.47 Å². The summed E-state index contributed by atoms with van der Waals surface area (Å²) in [5.41, 5.74) is 1.89. The zero-order valence-electron chi connectivity index (χ0n) is 19.2. The number of nitrogens with zero attached hydrogens (tertiary/aromatic N) is 1. The summed E-state index contributed by atoms with van der Waals surface area (Å²) in [5.74, 6) is -1.37. The number of hydrogen-bond acceptors (Lipinski definition) is 6. The van der Waals surface area contributed by atoms with Crippen LogP contribution < -0.4 is 0 Å². The first-order chi connectivity index (χ1) is 16.0. The summed E-state index contributed by atoms with van der Waals surface area (Å²) >= 11 is 0. The highest BCUT2D eigenvalue weighted by Crippen LogP contribution is 2.32. The number of hydrogen-bond donors (Lipinski definition) is 1. The lowest BCUT2D eigenvalue weighted by atomic mass is 10.1. The van der Waals surface area contributed by atoms with Gasteiger partial charge in [-0.2, -0.15) is 0 Å². The third-order valence-corrected chi connectivity index (χ3v) is 5.91. The molecule has 7 heteroatoms. The van der Waals surface area contributed by atoms with Crippen LogP contribution in [-0.4, -0.2) is 46.7 Å². The Labute approximate surface area is 194 Å². The minimum Gasteiger partial charge on any atom is -0.463 e. The SMILES string of the molecule is CCCCCCCC(=O)OC[C@H](O)COC(=O)C1CCn2c(C(=O)c3ccccc3)ccc21. The highest BCUT2D eigenvalue weighted by molar-refractivity contribution is 6.08. The molecule has 0 amide bonds. The maximum atomic E-state index is 12.8. The van der Waals surface area contributed by atoms with Crippen molar-refractivity contribution >= 4 is 17.7 Å². The quantitative estimate of drug-likeness (QED) is 0.279. The first kappa shape index (κ1) is 24.7. The third-order valence-electron chi connectivity index (χ3n) is 5.91. The lowest BCUT2D eigenvalue weighted by Gasteiger charge is -2.14. The number of esters is 2. The average Bonchev–Trinajstić information content (AvgIpc) is 3.43. The van der Waals surface area contributed by atoms with Gasteiger partial charge in [0.25, 0.3) is 0 Å². The van der Waals surface area contributed by atoms with Gasteiger partial charge in [-0.15, -0.1) is 0 Å². The van der Waals surface area contributed by atoms with Crippen molar-refractivity contribution in [3.8, 4) is 0 Å². The van der Waals surface area contributed by atoms with Gasteiger partial charge in [0, 0.05) is 24.2 Å². The smallest absolute Gasteiger partial charge is 0.315 e. The molecule has 0 spiro atoms. The van der Waals surface area contributed by atoms with Gasteiger partial charge >= 0.3 is 11.9 Å². The number of carbonyl (C=O) groups is 3. The fraction of sp³-hybridized carbons (Fsp3) is 0.500. The zero-order valence-corrected chi connectivity index (χ0v) is 19.2. The fourth-order valence-corrected chi connectivity index (χ4v) is 4.08. The molecule has 2 atom stereocenters. The normalized spacial score (nSPS) is 15.6. The number of fused-ring (bicyclic) bond motifs is 1. The van der Waals surface area contributed by atoms with Crippen molar-refractivity contribution in [2.24, 2.45) is 0 Å². The minimum absolute atomic E-state index is 0.0848. The molecule has 0 saturated carbocycles. The van der Waals surface area contributed by atoms with Crippen LogP contribution in [0, 0.1) is 0 Å². The summed E-state index contributed by atoms with van der Waals surface area (Å²) in [5, 5.41) is 10.0. The molecule has 3 rings (SSSR count). The van der Waals surface area contributed by atoms with Gasteiger partial charge in [-0.3, -0.25) is 14.4 Å². The molecular weight excluding hydrogens is 422 g/mol. The highest BCUT2D eigenvalue weighted by Gasteiger charge is 2.33. The van der Waals surface area contributed by atoms with Gasteiger partial charge in [-0.1, -0.05) is 62.9 Å². The molecule has 0 fully saturated rings. The molecular formula is C26H33NO6. The zero-order chi connectivity index (χ0) is 23.6. The number of rotatable bonds is 13. The summed E-state index contributed by atoms with van der Waals surface area (Å²) in [7, 11) is 0. The summed E-state index contributed by atoms with van der Waals surface area (Å²) in [4.78, 5) is 37.1. The highest BCUT2D eigenvalue weighted by atomic mass is 16.6. The van der Waals surface area contributed by atoms with E-state index in [2.05, 4.69) is 6.92 Å². The predicted octanol–water partition coefficient (Wildman–Crippen LogP) is 4.01. The van der Waals surface area contributed by atoms with E-state index in [-0.39, 0.29) is 25.0 Å². The topological polar surface area (TPSA) is 94.8 Å². The van der Waals surface area contributed by atoms with Gasteiger partial charge in [-0.25, -0.2) is 0 Å². The van der Waals surface area contributed by atoms with Crippen molar-refractivity contribution in [1.29, 1.82) is 0 Å². The van der Waals surface area contributed by atoms with Crippen LogP contribution in [0.25, 0.3) is 0 Å². The summed E-state index contributed by atoms with van der Waals surface area (Å²) < 4.78 is 12.2. The Bertz CT molecular complexity index is 936. The molecule has 0 bridgehead atoms. The lowest BCUT2D eigenvalue weighted by Crippen LogP contribution is -2.26. The van der Waals surface area contributed by atoms with Crippen molar-refractivity contribution in [2.75, 3.05) is 13.2 Å². The summed E-state index contributed by atoms with van der Waals surface area (Å²) in [6.07, 6.45) is 4.98. The number of ether oxygens (including phenoxy) is 2. The second-order valence-electron chi connectivity index (χ2n) is 8.46. The molecule has 7 nitrogen and oxygen atoms in total. The number of unbranched alkanes of at least 4 members (excludes halogenated alkanes) is 4. The lowest BCUT2D eigenvalue weighted by molar-refractivity contribution is -0.153. The Balaban J connectivity index is 1.43.